The number of pyridine rings is 1. The Balaban J connectivity index is 3.09. The molecule has 0 aliphatic rings. The van der Waals surface area contributed by atoms with E-state index in [9.17, 15) is 0 Å². The Morgan fingerprint density at radius 1 is 1.24 bits per heavy atom. The molecule has 0 amide bonds. The Kier molecular flexibility index (Phi) is 4.79. The van der Waals surface area contributed by atoms with Gasteiger partial charge in [0.05, 0.1) is 0 Å². The summed E-state index contributed by atoms with van der Waals surface area (Å²) in [7, 11) is 4.13. The fourth-order valence-corrected chi connectivity index (χ4v) is 1.63. The molecule has 1 unspecified atom stereocenters. The zero-order valence-corrected chi connectivity index (χ0v) is 11.9. The van der Waals surface area contributed by atoms with Gasteiger partial charge in [0.1, 0.15) is 5.82 Å². The van der Waals surface area contributed by atoms with Gasteiger partial charge in [0.2, 0.25) is 0 Å². The summed E-state index contributed by atoms with van der Waals surface area (Å²) in [6.45, 7) is 8.69. The van der Waals surface area contributed by atoms with Crippen LogP contribution in [0.4, 0.5) is 11.5 Å². The van der Waals surface area contributed by atoms with E-state index in [4.69, 9.17) is 0 Å². The molecule has 17 heavy (non-hydrogen) atoms. The number of hydrogen-bond acceptors (Lipinski definition) is 3. The average Bonchev–Trinajstić information content (AvgIpc) is 2.26. The minimum Gasteiger partial charge on any atom is -0.377 e. The van der Waals surface area contributed by atoms with Crippen LogP contribution < -0.4 is 10.2 Å². The molecule has 1 heterocycles. The molecule has 0 spiro atoms. The van der Waals surface area contributed by atoms with E-state index < -0.39 is 0 Å². The normalized spacial score (nSPS) is 12.6. The van der Waals surface area contributed by atoms with Crippen LogP contribution in [-0.4, -0.2) is 25.1 Å². The SMILES string of the molecule is CCC(C)c1cc(N(C)C)cc(NC(C)C)n1. The highest BCUT2D eigenvalue weighted by Gasteiger charge is 2.10. The van der Waals surface area contributed by atoms with Crippen molar-refractivity contribution in [3.63, 3.8) is 0 Å². The molecular formula is C14H25N3. The molecule has 0 saturated heterocycles. The lowest BCUT2D eigenvalue weighted by Crippen LogP contribution is -2.15. The molecule has 3 heteroatoms. The topological polar surface area (TPSA) is 28.2 Å². The van der Waals surface area contributed by atoms with Crippen molar-refractivity contribution >= 4 is 11.5 Å². The summed E-state index contributed by atoms with van der Waals surface area (Å²) in [5.74, 6) is 1.48. The highest BCUT2D eigenvalue weighted by Crippen LogP contribution is 2.24. The van der Waals surface area contributed by atoms with Crippen molar-refractivity contribution in [1.29, 1.82) is 0 Å². The van der Waals surface area contributed by atoms with Crippen LogP contribution in [0.1, 0.15) is 45.7 Å². The number of aromatic nitrogens is 1. The van der Waals surface area contributed by atoms with Crippen LogP contribution >= 0.6 is 0 Å². The van der Waals surface area contributed by atoms with Gasteiger partial charge in [-0.2, -0.15) is 0 Å². The van der Waals surface area contributed by atoms with E-state index in [1.165, 1.54) is 11.4 Å². The van der Waals surface area contributed by atoms with Gasteiger partial charge in [-0.05, 0) is 32.3 Å². The predicted octanol–water partition coefficient (Wildman–Crippen LogP) is 3.48. The van der Waals surface area contributed by atoms with Gasteiger partial charge in [0.15, 0.2) is 0 Å². The van der Waals surface area contributed by atoms with E-state index in [0.29, 0.717) is 12.0 Å². The summed E-state index contributed by atoms with van der Waals surface area (Å²) >= 11 is 0. The first-order valence-electron chi connectivity index (χ1n) is 6.39. The number of nitrogens with zero attached hydrogens (tertiary/aromatic N) is 2. The Hall–Kier alpha value is -1.25. The second-order valence-corrected chi connectivity index (χ2v) is 5.14. The van der Waals surface area contributed by atoms with Crippen molar-refractivity contribution in [2.45, 2.75) is 46.1 Å². The minimum atomic E-state index is 0.407. The summed E-state index contributed by atoms with van der Waals surface area (Å²) in [4.78, 5) is 6.81. The summed E-state index contributed by atoms with van der Waals surface area (Å²) in [5.41, 5.74) is 2.38. The van der Waals surface area contributed by atoms with Gasteiger partial charge < -0.3 is 10.2 Å². The Bertz CT molecular complexity index is 358. The number of anilines is 2. The quantitative estimate of drug-likeness (QED) is 0.847. The molecule has 1 rings (SSSR count). The van der Waals surface area contributed by atoms with Gasteiger partial charge >= 0.3 is 0 Å². The Morgan fingerprint density at radius 2 is 1.88 bits per heavy atom. The molecule has 0 bridgehead atoms. The lowest BCUT2D eigenvalue weighted by molar-refractivity contribution is 0.707. The molecule has 0 radical (unpaired) electrons. The maximum Gasteiger partial charge on any atom is 0.128 e. The zero-order chi connectivity index (χ0) is 13.0. The second-order valence-electron chi connectivity index (χ2n) is 5.14. The number of rotatable bonds is 5. The zero-order valence-electron chi connectivity index (χ0n) is 11.9. The molecule has 0 aliphatic carbocycles. The highest BCUT2D eigenvalue weighted by atomic mass is 15.1. The predicted molar refractivity (Wildman–Crippen MR) is 76.0 cm³/mol. The molecule has 1 aromatic rings. The van der Waals surface area contributed by atoms with Crippen molar-refractivity contribution in [2.75, 3.05) is 24.3 Å². The summed E-state index contributed by atoms with van der Waals surface area (Å²) in [6, 6.07) is 4.69. The van der Waals surface area contributed by atoms with Crippen molar-refractivity contribution in [2.24, 2.45) is 0 Å². The molecular weight excluding hydrogens is 210 g/mol. The molecule has 1 N–H and O–H groups in total. The Labute approximate surface area is 105 Å². The maximum absolute atomic E-state index is 4.69. The van der Waals surface area contributed by atoms with E-state index in [1.54, 1.807) is 0 Å². The van der Waals surface area contributed by atoms with E-state index in [2.05, 4.69) is 69.1 Å². The molecule has 0 fully saturated rings. The van der Waals surface area contributed by atoms with Gasteiger partial charge in [-0.1, -0.05) is 13.8 Å². The van der Waals surface area contributed by atoms with E-state index in [-0.39, 0.29) is 0 Å². The lowest BCUT2D eigenvalue weighted by atomic mass is 10.0. The van der Waals surface area contributed by atoms with Crippen LogP contribution in [0, 0.1) is 0 Å². The fraction of sp³-hybridized carbons (Fsp3) is 0.643. The standard InChI is InChI=1S/C14H25N3/c1-7-11(4)13-8-12(17(5)6)9-14(16-13)15-10(2)3/h8-11H,7H2,1-6H3,(H,15,16). The third-order valence-electron chi connectivity index (χ3n) is 2.90. The monoisotopic (exact) mass is 235 g/mol. The van der Waals surface area contributed by atoms with Crippen molar-refractivity contribution in [1.82, 2.24) is 4.98 Å². The van der Waals surface area contributed by atoms with E-state index in [1.807, 2.05) is 0 Å². The third kappa shape index (κ3) is 3.91. The summed E-state index contributed by atoms with van der Waals surface area (Å²) < 4.78 is 0. The first-order chi connectivity index (χ1) is 7.93. The van der Waals surface area contributed by atoms with Crippen molar-refractivity contribution < 1.29 is 0 Å². The molecule has 1 aromatic heterocycles. The first kappa shape index (κ1) is 13.8. The van der Waals surface area contributed by atoms with Crippen molar-refractivity contribution in [3.8, 4) is 0 Å². The lowest BCUT2D eigenvalue weighted by Gasteiger charge is -2.19. The number of hydrogen-bond donors (Lipinski definition) is 1. The van der Waals surface area contributed by atoms with Gasteiger partial charge in [-0.3, -0.25) is 0 Å². The van der Waals surface area contributed by atoms with Gasteiger partial charge in [0, 0.05) is 37.6 Å². The first-order valence-corrected chi connectivity index (χ1v) is 6.39. The fourth-order valence-electron chi connectivity index (χ4n) is 1.63. The molecule has 3 nitrogen and oxygen atoms in total. The molecule has 1 atom stereocenters. The molecule has 0 aliphatic heterocycles. The van der Waals surface area contributed by atoms with Gasteiger partial charge in [0.25, 0.3) is 0 Å². The van der Waals surface area contributed by atoms with E-state index in [0.717, 1.165) is 12.2 Å². The molecule has 0 aromatic carbocycles. The molecule has 96 valence electrons. The van der Waals surface area contributed by atoms with Crippen LogP contribution in [0.25, 0.3) is 0 Å². The van der Waals surface area contributed by atoms with Crippen LogP contribution in [-0.2, 0) is 0 Å². The smallest absolute Gasteiger partial charge is 0.128 e. The minimum absolute atomic E-state index is 0.407. The van der Waals surface area contributed by atoms with Crippen LogP contribution in [0.2, 0.25) is 0 Å². The van der Waals surface area contributed by atoms with E-state index >= 15 is 0 Å². The van der Waals surface area contributed by atoms with Gasteiger partial charge in [-0.15, -0.1) is 0 Å². The summed E-state index contributed by atoms with van der Waals surface area (Å²) in [5, 5.41) is 3.38. The summed E-state index contributed by atoms with van der Waals surface area (Å²) in [6.07, 6.45) is 1.12. The van der Waals surface area contributed by atoms with Crippen LogP contribution in [0.3, 0.4) is 0 Å². The third-order valence-corrected chi connectivity index (χ3v) is 2.90. The van der Waals surface area contributed by atoms with Crippen LogP contribution in [0.5, 0.6) is 0 Å². The highest BCUT2D eigenvalue weighted by molar-refractivity contribution is 5.55. The second kappa shape index (κ2) is 5.89. The van der Waals surface area contributed by atoms with Crippen LogP contribution in [0.15, 0.2) is 12.1 Å². The largest absolute Gasteiger partial charge is 0.377 e. The maximum atomic E-state index is 4.69. The Morgan fingerprint density at radius 3 is 2.35 bits per heavy atom. The molecule has 0 saturated carbocycles. The van der Waals surface area contributed by atoms with Crippen molar-refractivity contribution in [3.05, 3.63) is 17.8 Å². The number of nitrogens with one attached hydrogen (secondary N) is 1. The van der Waals surface area contributed by atoms with Gasteiger partial charge in [-0.25, -0.2) is 4.98 Å². The average molecular weight is 235 g/mol.